The molecule has 0 aliphatic carbocycles. The number of hydrogen-bond donors (Lipinski definition) is 2. The first-order valence-corrected chi connectivity index (χ1v) is 11.8. The normalized spacial score (nSPS) is 20.7. The van der Waals surface area contributed by atoms with Crippen LogP contribution in [0.1, 0.15) is 49.3 Å². The Labute approximate surface area is 190 Å². The van der Waals surface area contributed by atoms with Crippen LogP contribution in [0.5, 0.6) is 0 Å². The zero-order valence-electron chi connectivity index (χ0n) is 18.6. The quantitative estimate of drug-likeness (QED) is 0.654. The molecule has 2 fully saturated rings. The molecule has 4 rings (SSSR count). The lowest BCUT2D eigenvalue weighted by Crippen LogP contribution is -2.42. The number of aliphatic hydroxyl groups excluding tert-OH is 1. The van der Waals surface area contributed by atoms with Crippen molar-refractivity contribution in [1.82, 2.24) is 4.90 Å². The molecule has 2 aliphatic heterocycles. The van der Waals surface area contributed by atoms with Crippen LogP contribution in [0.4, 0.5) is 10.5 Å². The Hall–Kier alpha value is -2.41. The summed E-state index contributed by atoms with van der Waals surface area (Å²) in [6, 6.07) is 17.5. The maximum atomic E-state index is 12.8. The predicted octanol–water partition coefficient (Wildman–Crippen LogP) is 4.75. The molecule has 2 amide bonds. The maximum absolute atomic E-state index is 12.8. The highest BCUT2D eigenvalue weighted by molar-refractivity contribution is 5.89. The first kappa shape index (κ1) is 22.8. The van der Waals surface area contributed by atoms with Gasteiger partial charge < -0.3 is 24.8 Å². The van der Waals surface area contributed by atoms with Crippen LogP contribution in [0.25, 0.3) is 0 Å². The molecule has 0 spiro atoms. The third-order valence-corrected chi connectivity index (χ3v) is 6.44. The van der Waals surface area contributed by atoms with Gasteiger partial charge in [-0.15, -0.1) is 0 Å². The largest absolute Gasteiger partial charge is 0.388 e. The highest BCUT2D eigenvalue weighted by atomic mass is 16.5. The van der Waals surface area contributed by atoms with Gasteiger partial charge in [-0.05, 0) is 61.3 Å². The first-order chi connectivity index (χ1) is 15.7. The number of nitrogens with zero attached hydrogens (tertiary/aromatic N) is 1. The number of hydrogen-bond acceptors (Lipinski definition) is 4. The van der Waals surface area contributed by atoms with E-state index >= 15 is 0 Å². The topological polar surface area (TPSA) is 71.0 Å². The first-order valence-electron chi connectivity index (χ1n) is 11.8. The van der Waals surface area contributed by atoms with E-state index in [1.54, 1.807) is 0 Å². The van der Waals surface area contributed by atoms with Crippen molar-refractivity contribution in [3.05, 3.63) is 65.7 Å². The van der Waals surface area contributed by atoms with Crippen molar-refractivity contribution in [3.8, 4) is 0 Å². The van der Waals surface area contributed by atoms with Crippen molar-refractivity contribution in [2.45, 2.75) is 50.9 Å². The molecule has 2 aromatic rings. The maximum Gasteiger partial charge on any atom is 0.321 e. The summed E-state index contributed by atoms with van der Waals surface area (Å²) in [5.41, 5.74) is 2.75. The fourth-order valence-corrected chi connectivity index (χ4v) is 4.53. The van der Waals surface area contributed by atoms with Crippen LogP contribution >= 0.6 is 0 Å². The van der Waals surface area contributed by atoms with Gasteiger partial charge in [0.2, 0.25) is 0 Å². The summed E-state index contributed by atoms with van der Waals surface area (Å²) in [6.07, 6.45) is 4.73. The Morgan fingerprint density at radius 1 is 1.09 bits per heavy atom. The van der Waals surface area contributed by atoms with Gasteiger partial charge >= 0.3 is 6.03 Å². The van der Waals surface area contributed by atoms with Gasteiger partial charge in [0.15, 0.2) is 0 Å². The number of carbonyl (C=O) groups excluding carboxylic acids is 1. The van der Waals surface area contributed by atoms with E-state index in [1.807, 2.05) is 59.5 Å². The second kappa shape index (κ2) is 11.5. The Morgan fingerprint density at radius 2 is 1.91 bits per heavy atom. The Balaban J connectivity index is 1.22. The molecule has 2 aliphatic rings. The summed E-state index contributed by atoms with van der Waals surface area (Å²) in [5.74, 6) is 0.176. The van der Waals surface area contributed by atoms with E-state index in [4.69, 9.17) is 9.47 Å². The minimum atomic E-state index is -0.475. The number of amides is 2. The number of likely N-dealkylation sites (tertiary alicyclic amines) is 1. The molecule has 32 heavy (non-hydrogen) atoms. The molecule has 0 radical (unpaired) electrons. The number of rotatable bonds is 7. The van der Waals surface area contributed by atoms with Crippen molar-refractivity contribution in [1.29, 1.82) is 0 Å². The van der Waals surface area contributed by atoms with E-state index in [0.717, 1.165) is 49.1 Å². The lowest BCUT2D eigenvalue weighted by molar-refractivity contribution is -0.0447. The van der Waals surface area contributed by atoms with Gasteiger partial charge in [-0.3, -0.25) is 0 Å². The molecular weight excluding hydrogens is 404 g/mol. The Morgan fingerprint density at radius 3 is 2.66 bits per heavy atom. The molecule has 0 aromatic heterocycles. The number of benzene rings is 2. The summed E-state index contributed by atoms with van der Waals surface area (Å²) in [4.78, 5) is 14.6. The molecule has 2 heterocycles. The van der Waals surface area contributed by atoms with Crippen LogP contribution in [0, 0.1) is 5.92 Å². The van der Waals surface area contributed by atoms with E-state index in [9.17, 15) is 9.90 Å². The van der Waals surface area contributed by atoms with Crippen molar-refractivity contribution in [2.75, 3.05) is 31.6 Å². The Bertz CT molecular complexity index is 846. The van der Waals surface area contributed by atoms with Gasteiger partial charge in [0.1, 0.15) is 0 Å². The van der Waals surface area contributed by atoms with Crippen molar-refractivity contribution in [2.24, 2.45) is 5.92 Å². The van der Waals surface area contributed by atoms with E-state index in [1.165, 1.54) is 6.42 Å². The minimum Gasteiger partial charge on any atom is -0.388 e. The van der Waals surface area contributed by atoms with Crippen molar-refractivity contribution >= 4 is 11.7 Å². The molecule has 2 atom stereocenters. The number of anilines is 1. The number of carbonyl (C=O) groups is 1. The molecular formula is C26H34N2O4. The second-order valence-electron chi connectivity index (χ2n) is 8.81. The van der Waals surface area contributed by atoms with Crippen LogP contribution in [-0.4, -0.2) is 48.4 Å². The van der Waals surface area contributed by atoms with Crippen LogP contribution in [0.2, 0.25) is 0 Å². The van der Waals surface area contributed by atoms with E-state index in [-0.39, 0.29) is 18.1 Å². The lowest BCUT2D eigenvalue weighted by Gasteiger charge is -2.34. The molecule has 0 saturated carbocycles. The SMILES string of the molecule is O=C(Nc1cccc(COCC2CCCCO2)c1)N1CCC(C(O)c2ccccc2)CC1. The smallest absolute Gasteiger partial charge is 0.321 e. The summed E-state index contributed by atoms with van der Waals surface area (Å²) >= 11 is 0. The number of ether oxygens (including phenoxy) is 2. The zero-order valence-corrected chi connectivity index (χ0v) is 18.6. The number of aliphatic hydroxyl groups is 1. The third-order valence-electron chi connectivity index (χ3n) is 6.44. The predicted molar refractivity (Wildman–Crippen MR) is 124 cm³/mol. The van der Waals surface area contributed by atoms with Gasteiger partial charge in [0.25, 0.3) is 0 Å². The third kappa shape index (κ3) is 6.31. The molecule has 6 heteroatoms. The molecule has 2 unspecified atom stereocenters. The van der Waals surface area contributed by atoms with Gasteiger partial charge in [-0.1, -0.05) is 42.5 Å². The monoisotopic (exact) mass is 438 g/mol. The fourth-order valence-electron chi connectivity index (χ4n) is 4.53. The van der Waals surface area contributed by atoms with Crippen LogP contribution in [0.15, 0.2) is 54.6 Å². The summed E-state index contributed by atoms with van der Waals surface area (Å²) in [6.45, 7) is 3.24. The molecule has 2 N–H and O–H groups in total. The zero-order chi connectivity index (χ0) is 22.2. The fraction of sp³-hybridized carbons (Fsp3) is 0.500. The average Bonchev–Trinajstić information content (AvgIpc) is 2.85. The van der Waals surface area contributed by atoms with Gasteiger partial charge in [0, 0.05) is 25.4 Å². The Kier molecular flexibility index (Phi) is 8.15. The second-order valence-corrected chi connectivity index (χ2v) is 8.81. The van der Waals surface area contributed by atoms with Crippen LogP contribution in [-0.2, 0) is 16.1 Å². The van der Waals surface area contributed by atoms with Crippen molar-refractivity contribution < 1.29 is 19.4 Å². The summed E-state index contributed by atoms with van der Waals surface area (Å²) in [7, 11) is 0. The van der Waals surface area contributed by atoms with Gasteiger partial charge in [0.05, 0.1) is 25.4 Å². The van der Waals surface area contributed by atoms with Crippen LogP contribution in [0.3, 0.4) is 0 Å². The number of piperidine rings is 1. The summed E-state index contributed by atoms with van der Waals surface area (Å²) < 4.78 is 11.5. The highest BCUT2D eigenvalue weighted by Gasteiger charge is 2.28. The summed E-state index contributed by atoms with van der Waals surface area (Å²) in [5, 5.41) is 13.7. The number of urea groups is 1. The van der Waals surface area contributed by atoms with Crippen molar-refractivity contribution in [3.63, 3.8) is 0 Å². The van der Waals surface area contributed by atoms with E-state index in [2.05, 4.69) is 5.32 Å². The average molecular weight is 439 g/mol. The standard InChI is InChI=1S/C26H34N2O4/c29-25(21-8-2-1-3-9-21)22-12-14-28(15-13-22)26(30)27-23-10-6-7-20(17-23)18-31-19-24-11-4-5-16-32-24/h1-3,6-10,17,22,24-25,29H,4-5,11-16,18-19H2,(H,27,30). The van der Waals surface area contributed by atoms with Gasteiger partial charge in [-0.2, -0.15) is 0 Å². The lowest BCUT2D eigenvalue weighted by atomic mass is 9.87. The molecule has 0 bridgehead atoms. The number of nitrogens with one attached hydrogen (secondary N) is 1. The molecule has 172 valence electrons. The van der Waals surface area contributed by atoms with Gasteiger partial charge in [-0.25, -0.2) is 4.79 Å². The molecule has 2 aromatic carbocycles. The molecule has 2 saturated heterocycles. The minimum absolute atomic E-state index is 0.0914. The molecule has 6 nitrogen and oxygen atoms in total. The van der Waals surface area contributed by atoms with E-state index in [0.29, 0.717) is 26.3 Å². The highest BCUT2D eigenvalue weighted by Crippen LogP contribution is 2.30. The van der Waals surface area contributed by atoms with E-state index < -0.39 is 6.10 Å². The van der Waals surface area contributed by atoms with Crippen LogP contribution < -0.4 is 5.32 Å².